The molecule has 0 saturated heterocycles. The second kappa shape index (κ2) is 8.39. The van der Waals surface area contributed by atoms with Crippen molar-refractivity contribution < 1.29 is 24.5 Å². The molecule has 0 radical (unpaired) electrons. The van der Waals surface area contributed by atoms with E-state index in [1.807, 2.05) is 0 Å². The molecule has 0 aliphatic heterocycles. The fraction of sp³-hybridized carbons (Fsp3) is 0.111. The smallest absolute Gasteiger partial charge is 0.362 e. The first kappa shape index (κ1) is 17.9. The summed E-state index contributed by atoms with van der Waals surface area (Å²) in [5.41, 5.74) is 0.269. The Morgan fingerprint density at radius 1 is 1.00 bits per heavy atom. The number of nitrogens with zero attached hydrogens (tertiary/aromatic N) is 2. The number of aromatic carboxylic acids is 1. The van der Waals surface area contributed by atoms with Gasteiger partial charge in [-0.25, -0.2) is 9.59 Å². The van der Waals surface area contributed by atoms with Crippen LogP contribution >= 0.6 is 0 Å². The number of aliphatic hydroxyl groups is 1. The number of carboxylic acid groups (broad SMARTS) is 1. The van der Waals surface area contributed by atoms with Crippen LogP contribution in [0, 0.1) is 0 Å². The zero-order valence-corrected chi connectivity index (χ0v) is 13.4. The molecule has 25 heavy (non-hydrogen) atoms. The highest BCUT2D eigenvalue weighted by Gasteiger charge is 2.18. The molecule has 2 N–H and O–H groups in total. The highest BCUT2D eigenvalue weighted by atomic mass is 16.5. The lowest BCUT2D eigenvalue weighted by molar-refractivity contribution is -0.138. The molecule has 0 atom stereocenters. The van der Waals surface area contributed by atoms with Gasteiger partial charge < -0.3 is 14.9 Å². The third-order valence-corrected chi connectivity index (χ3v) is 3.10. The summed E-state index contributed by atoms with van der Waals surface area (Å²) in [6, 6.07) is 14.1. The van der Waals surface area contributed by atoms with E-state index in [9.17, 15) is 14.7 Å². The lowest BCUT2D eigenvalue weighted by atomic mass is 10.1. The van der Waals surface area contributed by atoms with E-state index in [1.54, 1.807) is 37.3 Å². The van der Waals surface area contributed by atoms with E-state index in [-0.39, 0.29) is 29.3 Å². The van der Waals surface area contributed by atoms with Gasteiger partial charge in [0.25, 0.3) is 0 Å². The second-order valence-electron chi connectivity index (χ2n) is 4.84. The lowest BCUT2D eigenvalue weighted by Crippen LogP contribution is -2.08. The molecule has 2 rings (SSSR count). The average molecular weight is 340 g/mol. The molecule has 0 spiro atoms. The topological polar surface area (TPSA) is 109 Å². The summed E-state index contributed by atoms with van der Waals surface area (Å²) < 4.78 is 4.89. The Morgan fingerprint density at radius 3 is 2.32 bits per heavy atom. The molecule has 0 aromatic heterocycles. The van der Waals surface area contributed by atoms with Crippen molar-refractivity contribution in [2.75, 3.05) is 6.61 Å². The minimum atomic E-state index is -1.11. The minimum absolute atomic E-state index is 0.0328. The Hall–Kier alpha value is -3.48. The van der Waals surface area contributed by atoms with Crippen LogP contribution in [0.25, 0.3) is 5.76 Å². The molecule has 0 heterocycles. The summed E-state index contributed by atoms with van der Waals surface area (Å²) >= 11 is 0. The first-order valence-electron chi connectivity index (χ1n) is 7.43. The third-order valence-electron chi connectivity index (χ3n) is 3.10. The van der Waals surface area contributed by atoms with Gasteiger partial charge in [-0.1, -0.05) is 36.4 Å². The van der Waals surface area contributed by atoms with Gasteiger partial charge in [-0.05, 0) is 25.1 Å². The minimum Gasteiger partial charge on any atom is -0.505 e. The van der Waals surface area contributed by atoms with Crippen LogP contribution < -0.4 is 0 Å². The number of esters is 1. The number of hydrogen-bond donors (Lipinski definition) is 2. The second-order valence-corrected chi connectivity index (χ2v) is 4.84. The van der Waals surface area contributed by atoms with Gasteiger partial charge in [-0.3, -0.25) is 0 Å². The predicted molar refractivity (Wildman–Crippen MR) is 90.5 cm³/mol. The summed E-state index contributed by atoms with van der Waals surface area (Å²) in [6.45, 7) is 1.73. The van der Waals surface area contributed by atoms with Crippen molar-refractivity contribution in [2.24, 2.45) is 10.2 Å². The molecule has 0 amide bonds. The summed E-state index contributed by atoms with van der Waals surface area (Å²) in [7, 11) is 0. The van der Waals surface area contributed by atoms with Gasteiger partial charge in [-0.2, -0.15) is 5.11 Å². The molecule has 7 nitrogen and oxygen atoms in total. The van der Waals surface area contributed by atoms with E-state index in [2.05, 4.69) is 10.2 Å². The molecule has 0 aliphatic rings. The zero-order valence-electron chi connectivity index (χ0n) is 13.4. The number of azo groups is 1. The van der Waals surface area contributed by atoms with Crippen LogP contribution in [0.15, 0.2) is 70.5 Å². The van der Waals surface area contributed by atoms with Crippen molar-refractivity contribution in [1.82, 2.24) is 0 Å². The van der Waals surface area contributed by atoms with Gasteiger partial charge in [0.2, 0.25) is 5.70 Å². The molecule has 128 valence electrons. The highest BCUT2D eigenvalue weighted by molar-refractivity contribution is 5.95. The van der Waals surface area contributed by atoms with Crippen LogP contribution in [0.3, 0.4) is 0 Å². The van der Waals surface area contributed by atoms with Gasteiger partial charge >= 0.3 is 11.9 Å². The van der Waals surface area contributed by atoms with Crippen molar-refractivity contribution in [3.8, 4) is 0 Å². The summed E-state index contributed by atoms with van der Waals surface area (Å²) in [6.07, 6.45) is 0. The molecule has 7 heteroatoms. The van der Waals surface area contributed by atoms with E-state index >= 15 is 0 Å². The molecule has 0 aliphatic carbocycles. The molecule has 0 fully saturated rings. The van der Waals surface area contributed by atoms with Crippen molar-refractivity contribution >= 4 is 23.4 Å². The third kappa shape index (κ3) is 4.74. The van der Waals surface area contributed by atoms with E-state index in [0.717, 1.165) is 0 Å². The van der Waals surface area contributed by atoms with Crippen LogP contribution in [0.1, 0.15) is 22.8 Å². The Balaban J connectivity index is 2.42. The molecule has 0 bridgehead atoms. The first-order valence-corrected chi connectivity index (χ1v) is 7.43. The van der Waals surface area contributed by atoms with E-state index < -0.39 is 11.9 Å². The summed E-state index contributed by atoms with van der Waals surface area (Å²) in [5, 5.41) is 26.9. The van der Waals surface area contributed by atoms with E-state index in [0.29, 0.717) is 5.56 Å². The molecule has 2 aromatic rings. The Bertz CT molecular complexity index is 828. The summed E-state index contributed by atoms with van der Waals surface area (Å²) in [4.78, 5) is 23.0. The number of carboxylic acids is 1. The molecule has 0 unspecified atom stereocenters. The van der Waals surface area contributed by atoms with Crippen LogP contribution in [-0.2, 0) is 9.53 Å². The number of hydrogen-bond acceptors (Lipinski definition) is 6. The van der Waals surface area contributed by atoms with Crippen LogP contribution in [-0.4, -0.2) is 28.8 Å². The fourth-order valence-electron chi connectivity index (χ4n) is 1.93. The van der Waals surface area contributed by atoms with Gasteiger partial charge in [0.05, 0.1) is 17.9 Å². The van der Waals surface area contributed by atoms with Gasteiger partial charge in [-0.15, -0.1) is 5.11 Å². The number of carbonyl (C=O) groups is 2. The van der Waals surface area contributed by atoms with Gasteiger partial charge in [0, 0.05) is 5.56 Å². The standard InChI is InChI=1S/C18H16N2O5/c1-2-25-18(24)15(16(21)12-7-4-3-5-8-12)20-19-14-10-6-9-13(11-14)17(22)23/h3-11,21H,2H2,1H3,(H,22,23)/b16-15-,20-19?. The fourth-order valence-corrected chi connectivity index (χ4v) is 1.93. The maximum Gasteiger partial charge on any atom is 0.362 e. The van der Waals surface area contributed by atoms with Crippen molar-refractivity contribution in [1.29, 1.82) is 0 Å². The van der Waals surface area contributed by atoms with Crippen LogP contribution in [0.4, 0.5) is 5.69 Å². The lowest BCUT2D eigenvalue weighted by Gasteiger charge is -2.05. The average Bonchev–Trinajstić information content (AvgIpc) is 2.63. The molecule has 2 aromatic carbocycles. The summed E-state index contributed by atoms with van der Waals surface area (Å²) in [5.74, 6) is -2.32. The van der Waals surface area contributed by atoms with E-state index in [4.69, 9.17) is 9.84 Å². The van der Waals surface area contributed by atoms with Crippen molar-refractivity contribution in [3.05, 3.63) is 71.4 Å². The Kier molecular flexibility index (Phi) is 6.00. The van der Waals surface area contributed by atoms with Gasteiger partial charge in [0.15, 0.2) is 5.76 Å². The highest BCUT2D eigenvalue weighted by Crippen LogP contribution is 2.21. The zero-order chi connectivity index (χ0) is 18.2. The number of rotatable bonds is 6. The molecule has 0 saturated carbocycles. The van der Waals surface area contributed by atoms with Crippen molar-refractivity contribution in [3.63, 3.8) is 0 Å². The maximum absolute atomic E-state index is 12.1. The Morgan fingerprint density at radius 2 is 1.68 bits per heavy atom. The number of benzene rings is 2. The molecular formula is C18H16N2O5. The first-order chi connectivity index (χ1) is 12.0. The normalized spacial score (nSPS) is 11.9. The maximum atomic E-state index is 12.1. The number of ether oxygens (including phenoxy) is 1. The van der Waals surface area contributed by atoms with Crippen molar-refractivity contribution in [2.45, 2.75) is 6.92 Å². The van der Waals surface area contributed by atoms with E-state index in [1.165, 1.54) is 24.3 Å². The predicted octanol–water partition coefficient (Wildman–Crippen LogP) is 3.96. The van der Waals surface area contributed by atoms with Gasteiger partial charge in [0.1, 0.15) is 0 Å². The quantitative estimate of drug-likeness (QED) is 0.358. The monoisotopic (exact) mass is 340 g/mol. The number of carbonyl (C=O) groups excluding carboxylic acids is 1. The number of aliphatic hydroxyl groups excluding tert-OH is 1. The Labute approximate surface area is 143 Å². The van der Waals surface area contributed by atoms with Crippen LogP contribution in [0.2, 0.25) is 0 Å². The molecular weight excluding hydrogens is 324 g/mol. The largest absolute Gasteiger partial charge is 0.505 e. The SMILES string of the molecule is CCOC(=O)/C(N=Nc1cccc(C(=O)O)c1)=C(/O)c1ccccc1. The van der Waals surface area contributed by atoms with Crippen LogP contribution in [0.5, 0.6) is 0 Å².